The molecule has 1 spiro atoms. The Morgan fingerprint density at radius 2 is 1.97 bits per heavy atom. The van der Waals surface area contributed by atoms with Gasteiger partial charge in [-0.1, -0.05) is 38.1 Å². The number of amides is 3. The second-order valence-corrected chi connectivity index (χ2v) is 10.8. The normalized spacial score (nSPS) is 20.9. The zero-order chi connectivity index (χ0) is 27.2. The van der Waals surface area contributed by atoms with Gasteiger partial charge in [0, 0.05) is 35.9 Å². The van der Waals surface area contributed by atoms with Crippen LogP contribution in [0.2, 0.25) is 0 Å². The number of rotatable bonds is 5. The third-order valence-corrected chi connectivity index (χ3v) is 7.73. The first-order chi connectivity index (χ1) is 18.1. The van der Waals surface area contributed by atoms with Crippen molar-refractivity contribution in [1.82, 2.24) is 14.8 Å². The number of fused-ring (bicyclic) bond motifs is 3. The van der Waals surface area contributed by atoms with Gasteiger partial charge in [-0.3, -0.25) is 29.1 Å². The Morgan fingerprint density at radius 3 is 2.71 bits per heavy atom. The number of anilines is 1. The van der Waals surface area contributed by atoms with E-state index in [0.717, 1.165) is 27.8 Å². The van der Waals surface area contributed by atoms with Crippen molar-refractivity contribution in [3.63, 3.8) is 0 Å². The van der Waals surface area contributed by atoms with Crippen LogP contribution in [0.4, 0.5) is 5.69 Å². The third-order valence-electron chi connectivity index (χ3n) is 7.73. The summed E-state index contributed by atoms with van der Waals surface area (Å²) in [6, 6.07) is 15.9. The zero-order valence-corrected chi connectivity index (χ0v) is 22.1. The Kier molecular flexibility index (Phi) is 6.39. The average molecular weight is 510 g/mol. The molecule has 2 aliphatic rings. The highest BCUT2D eigenvalue weighted by molar-refractivity contribution is 6.07. The number of hydrogen-bond acceptors (Lipinski definition) is 4. The number of nitrogens with zero attached hydrogens (tertiary/aromatic N) is 4. The summed E-state index contributed by atoms with van der Waals surface area (Å²) in [4.78, 5) is 52.1. The van der Waals surface area contributed by atoms with E-state index in [-0.39, 0.29) is 36.6 Å². The molecule has 1 aromatic heterocycles. The number of para-hydroxylation sites is 1. The summed E-state index contributed by atoms with van der Waals surface area (Å²) in [6.45, 7) is 13.9. The second-order valence-electron chi connectivity index (χ2n) is 10.8. The number of carbonyl (C=O) groups is 3. The highest BCUT2D eigenvalue weighted by atomic mass is 16.2. The predicted molar refractivity (Wildman–Crippen MR) is 145 cm³/mol. The molecule has 0 bridgehead atoms. The summed E-state index contributed by atoms with van der Waals surface area (Å²) in [5.74, 6) is -0.639. The van der Waals surface area contributed by atoms with Crippen molar-refractivity contribution >= 4 is 34.3 Å². The summed E-state index contributed by atoms with van der Waals surface area (Å²) in [5, 5.41) is 3.78. The van der Waals surface area contributed by atoms with Crippen LogP contribution in [0.15, 0.2) is 54.6 Å². The fourth-order valence-electron chi connectivity index (χ4n) is 5.72. The zero-order valence-electron chi connectivity index (χ0n) is 22.1. The minimum absolute atomic E-state index is 0.110. The first-order valence-corrected chi connectivity index (χ1v) is 12.9. The van der Waals surface area contributed by atoms with Crippen LogP contribution in [0, 0.1) is 19.4 Å². The van der Waals surface area contributed by atoms with E-state index in [4.69, 9.17) is 6.57 Å². The Morgan fingerprint density at radius 1 is 1.21 bits per heavy atom. The van der Waals surface area contributed by atoms with Gasteiger partial charge in [-0.25, -0.2) is 6.57 Å². The van der Waals surface area contributed by atoms with Crippen molar-refractivity contribution in [3.8, 4) is 0 Å². The van der Waals surface area contributed by atoms with Gasteiger partial charge >= 0.3 is 6.17 Å². The van der Waals surface area contributed by atoms with E-state index in [2.05, 4.69) is 15.1 Å². The maximum absolute atomic E-state index is 14.1. The third kappa shape index (κ3) is 4.18. The van der Waals surface area contributed by atoms with Crippen LogP contribution in [0.5, 0.6) is 0 Å². The quantitative estimate of drug-likeness (QED) is 0.517. The van der Waals surface area contributed by atoms with E-state index in [1.54, 1.807) is 19.2 Å². The summed E-state index contributed by atoms with van der Waals surface area (Å²) < 4.78 is 0. The van der Waals surface area contributed by atoms with E-state index in [9.17, 15) is 14.4 Å². The average Bonchev–Trinajstić information content (AvgIpc) is 3.43. The van der Waals surface area contributed by atoms with Crippen LogP contribution in [0.25, 0.3) is 15.7 Å². The van der Waals surface area contributed by atoms with Crippen LogP contribution in [0.3, 0.4) is 0 Å². The van der Waals surface area contributed by atoms with Crippen LogP contribution < -0.4 is 5.32 Å². The topological polar surface area (TPSA) is 87.0 Å². The molecule has 3 amide bonds. The molecular formula is C30H31N5O3. The molecule has 0 radical (unpaired) electrons. The van der Waals surface area contributed by atoms with E-state index in [1.807, 2.05) is 63.2 Å². The lowest BCUT2D eigenvalue weighted by Gasteiger charge is -2.32. The van der Waals surface area contributed by atoms with Gasteiger partial charge in [-0.05, 0) is 55.2 Å². The molecule has 3 heterocycles. The van der Waals surface area contributed by atoms with Crippen molar-refractivity contribution in [2.75, 3.05) is 18.9 Å². The number of hydrogen-bond donors (Lipinski definition) is 1. The molecule has 0 aliphatic carbocycles. The molecule has 8 heteroatoms. The molecule has 38 heavy (non-hydrogen) atoms. The van der Waals surface area contributed by atoms with Gasteiger partial charge in [-0.15, -0.1) is 0 Å². The Balaban J connectivity index is 1.45. The number of likely N-dealkylation sites (N-methyl/N-ethyl adjacent to an activating group) is 1. The summed E-state index contributed by atoms with van der Waals surface area (Å²) in [5.41, 5.74) is 2.75. The molecule has 0 saturated carbocycles. The number of likely N-dealkylation sites (tertiary alicyclic amines) is 1. The highest BCUT2D eigenvalue weighted by Gasteiger charge is 2.59. The van der Waals surface area contributed by atoms with Crippen molar-refractivity contribution < 1.29 is 14.4 Å². The number of aryl methyl sites for hydroxylation is 1. The molecular weight excluding hydrogens is 478 g/mol. The number of aromatic nitrogens is 1. The number of carbonyl (C=O) groups excluding carboxylic acids is 3. The van der Waals surface area contributed by atoms with E-state index in [0.29, 0.717) is 12.0 Å². The highest BCUT2D eigenvalue weighted by Crippen LogP contribution is 2.47. The summed E-state index contributed by atoms with van der Waals surface area (Å²) in [6.07, 6.45) is -0.117. The molecule has 8 nitrogen and oxygen atoms in total. The number of nitrogens with one attached hydrogen (secondary N) is 1. The van der Waals surface area contributed by atoms with Crippen LogP contribution in [-0.2, 0) is 15.0 Å². The maximum Gasteiger partial charge on any atom is 0.302 e. The fourth-order valence-corrected chi connectivity index (χ4v) is 5.72. The van der Waals surface area contributed by atoms with Gasteiger partial charge in [0.05, 0.1) is 11.9 Å². The fraction of sp³-hybridized carbons (Fsp3) is 0.367. The first-order valence-electron chi connectivity index (χ1n) is 12.9. The number of pyridine rings is 1. The summed E-state index contributed by atoms with van der Waals surface area (Å²) in [7, 11) is 1.64. The van der Waals surface area contributed by atoms with Gasteiger partial charge in [0.1, 0.15) is 11.5 Å². The molecule has 1 saturated heterocycles. The molecule has 3 atom stereocenters. The molecule has 3 aromatic rings. The van der Waals surface area contributed by atoms with E-state index >= 15 is 0 Å². The molecule has 2 aliphatic heterocycles. The Labute approximate surface area is 222 Å². The molecule has 0 unspecified atom stereocenters. The lowest BCUT2D eigenvalue weighted by Crippen LogP contribution is -2.51. The van der Waals surface area contributed by atoms with Crippen molar-refractivity contribution in [3.05, 3.63) is 82.8 Å². The molecule has 2 aromatic carbocycles. The summed E-state index contributed by atoms with van der Waals surface area (Å²) >= 11 is 0. The minimum atomic E-state index is -0.962. The van der Waals surface area contributed by atoms with Gasteiger partial charge in [-0.2, -0.15) is 0 Å². The van der Waals surface area contributed by atoms with E-state index < -0.39 is 17.6 Å². The van der Waals surface area contributed by atoms with E-state index in [1.165, 1.54) is 9.80 Å². The second kappa shape index (κ2) is 9.56. The van der Waals surface area contributed by atoms with Gasteiger partial charge in [0.25, 0.3) is 11.8 Å². The predicted octanol–water partition coefficient (Wildman–Crippen LogP) is 4.40. The van der Waals surface area contributed by atoms with Crippen molar-refractivity contribution in [1.29, 1.82) is 0 Å². The lowest BCUT2D eigenvalue weighted by atomic mass is 9.80. The lowest BCUT2D eigenvalue weighted by molar-refractivity contribution is -0.136. The van der Waals surface area contributed by atoms with Gasteiger partial charge in [0.2, 0.25) is 5.91 Å². The monoisotopic (exact) mass is 509 g/mol. The minimum Gasteiger partial charge on any atom is -0.330 e. The molecule has 1 N–H and O–H groups in total. The Bertz CT molecular complexity index is 1490. The van der Waals surface area contributed by atoms with Crippen LogP contribution in [0.1, 0.15) is 48.3 Å². The Hall–Kier alpha value is -4.25. The smallest absolute Gasteiger partial charge is 0.302 e. The maximum atomic E-state index is 14.1. The van der Waals surface area contributed by atoms with Gasteiger partial charge in [0.15, 0.2) is 0 Å². The van der Waals surface area contributed by atoms with Gasteiger partial charge < -0.3 is 10.2 Å². The molecule has 194 valence electrons. The molecule has 5 rings (SSSR count). The standard InChI is InChI=1S/C30H31N5O3/c1-18(2)14-25(34(5)27(36)21-12-13-23-20(15-21)11-10-19(3)32-23)28(37)35-17-30(16-26(35)31-4)22-8-6-7-9-24(22)33-29(30)38/h6-13,15,18,25-26H,14,16-17H2,1-3,5H3,(H,33,38)/t25-,26-,30-/m0/s1. The number of benzene rings is 2. The largest absolute Gasteiger partial charge is 0.330 e. The SMILES string of the molecule is [C-]#[N+][C@@H]1C[C@@]2(CN1C(=O)[C@H](CC(C)C)N(C)C(=O)c1ccc3nc(C)ccc3c1)C(=O)Nc1ccccc12. The van der Waals surface area contributed by atoms with Crippen LogP contribution >= 0.6 is 0 Å². The van der Waals surface area contributed by atoms with Crippen LogP contribution in [-0.4, -0.2) is 58.3 Å². The molecule has 1 fully saturated rings. The van der Waals surface area contributed by atoms with Crippen molar-refractivity contribution in [2.24, 2.45) is 5.92 Å². The van der Waals surface area contributed by atoms with Crippen molar-refractivity contribution in [2.45, 2.75) is 51.2 Å². The first kappa shape index (κ1) is 25.4.